The van der Waals surface area contributed by atoms with Gasteiger partial charge in [0.15, 0.2) is 0 Å². The van der Waals surface area contributed by atoms with Crippen molar-refractivity contribution in [2.45, 2.75) is 46.5 Å². The molecule has 2 amide bonds. The Kier molecular flexibility index (Phi) is 5.32. The maximum atomic E-state index is 12.3. The first-order chi connectivity index (χ1) is 8.43. The van der Waals surface area contributed by atoms with Crippen molar-refractivity contribution in [3.63, 3.8) is 0 Å². The third-order valence-electron chi connectivity index (χ3n) is 4.06. The quantitative estimate of drug-likeness (QED) is 0.517. The first-order valence-corrected chi connectivity index (χ1v) is 6.77. The van der Waals surface area contributed by atoms with Crippen molar-refractivity contribution in [2.24, 2.45) is 11.3 Å². The van der Waals surface area contributed by atoms with Gasteiger partial charge < -0.3 is 4.74 Å². The molecule has 0 radical (unpaired) electrons. The highest BCUT2D eigenvalue weighted by Gasteiger charge is 2.49. The van der Waals surface area contributed by atoms with Gasteiger partial charge in [-0.3, -0.25) is 14.5 Å². The average molecular weight is 255 g/mol. The largest absolute Gasteiger partial charge is 0.385 e. The normalized spacial score (nSPS) is 24.4. The van der Waals surface area contributed by atoms with E-state index < -0.39 is 5.41 Å². The van der Waals surface area contributed by atoms with Gasteiger partial charge in [-0.15, -0.1) is 0 Å². The lowest BCUT2D eigenvalue weighted by atomic mass is 9.78. The number of hydrogen-bond acceptors (Lipinski definition) is 3. The van der Waals surface area contributed by atoms with Gasteiger partial charge in [-0.25, -0.2) is 0 Å². The molecule has 0 bridgehead atoms. The second kappa shape index (κ2) is 6.32. The summed E-state index contributed by atoms with van der Waals surface area (Å²) in [6.07, 6.45) is 3.20. The van der Waals surface area contributed by atoms with Crippen molar-refractivity contribution in [3.05, 3.63) is 0 Å². The van der Waals surface area contributed by atoms with E-state index in [0.29, 0.717) is 13.0 Å². The van der Waals surface area contributed by atoms with Gasteiger partial charge in [0.05, 0.1) is 5.41 Å². The Balaban J connectivity index is 2.47. The van der Waals surface area contributed by atoms with Gasteiger partial charge in [-0.1, -0.05) is 13.8 Å². The number of methoxy groups -OCH3 is 1. The van der Waals surface area contributed by atoms with Crippen LogP contribution >= 0.6 is 0 Å². The van der Waals surface area contributed by atoms with Gasteiger partial charge in [-0.2, -0.15) is 0 Å². The predicted octanol–water partition coefficient (Wildman–Crippen LogP) is 2.22. The first kappa shape index (κ1) is 15.2. The molecule has 18 heavy (non-hydrogen) atoms. The van der Waals surface area contributed by atoms with Crippen LogP contribution in [0.2, 0.25) is 0 Å². The Labute approximate surface area is 110 Å². The summed E-state index contributed by atoms with van der Waals surface area (Å²) in [5, 5.41) is 0. The molecule has 0 N–H and O–H groups in total. The summed E-state index contributed by atoms with van der Waals surface area (Å²) < 4.78 is 4.97. The topological polar surface area (TPSA) is 46.6 Å². The summed E-state index contributed by atoms with van der Waals surface area (Å²) >= 11 is 0. The third-order valence-corrected chi connectivity index (χ3v) is 4.06. The lowest BCUT2D eigenvalue weighted by Gasteiger charge is -2.26. The molecule has 1 saturated heterocycles. The number of nitrogens with zero attached hydrogens (tertiary/aromatic N) is 1. The molecule has 0 aliphatic carbocycles. The van der Waals surface area contributed by atoms with Gasteiger partial charge in [0.2, 0.25) is 11.8 Å². The molecule has 4 nitrogen and oxygen atoms in total. The van der Waals surface area contributed by atoms with Crippen molar-refractivity contribution in [3.8, 4) is 0 Å². The van der Waals surface area contributed by atoms with E-state index in [0.717, 1.165) is 25.9 Å². The standard InChI is InChI=1S/C14H25NO3/c1-11(2)14(3)10-12(16)15(13(14)17)8-6-5-7-9-18-4/h11H,5-10H2,1-4H3. The molecule has 1 atom stereocenters. The highest BCUT2D eigenvalue weighted by Crippen LogP contribution is 2.39. The van der Waals surface area contributed by atoms with E-state index >= 15 is 0 Å². The molecule has 0 aromatic carbocycles. The van der Waals surface area contributed by atoms with E-state index in [1.807, 2.05) is 20.8 Å². The molecule has 0 saturated carbocycles. The highest BCUT2D eigenvalue weighted by atomic mass is 16.5. The molecule has 0 spiro atoms. The van der Waals surface area contributed by atoms with E-state index in [1.54, 1.807) is 7.11 Å². The van der Waals surface area contributed by atoms with Gasteiger partial charge in [-0.05, 0) is 32.1 Å². The molecule has 1 heterocycles. The van der Waals surface area contributed by atoms with Crippen molar-refractivity contribution < 1.29 is 14.3 Å². The summed E-state index contributed by atoms with van der Waals surface area (Å²) in [7, 11) is 1.68. The monoisotopic (exact) mass is 255 g/mol. The maximum Gasteiger partial charge on any atom is 0.235 e. The fraction of sp³-hybridized carbons (Fsp3) is 0.857. The zero-order valence-electron chi connectivity index (χ0n) is 12.0. The fourth-order valence-corrected chi connectivity index (χ4v) is 2.28. The summed E-state index contributed by atoms with van der Waals surface area (Å²) in [6, 6.07) is 0. The Hall–Kier alpha value is -0.900. The molecule has 104 valence electrons. The van der Waals surface area contributed by atoms with E-state index in [2.05, 4.69) is 0 Å². The van der Waals surface area contributed by atoms with Crippen LogP contribution in [-0.2, 0) is 14.3 Å². The van der Waals surface area contributed by atoms with E-state index in [-0.39, 0.29) is 17.7 Å². The number of rotatable bonds is 7. The van der Waals surface area contributed by atoms with Crippen molar-refractivity contribution in [1.82, 2.24) is 4.90 Å². The minimum atomic E-state index is -0.496. The van der Waals surface area contributed by atoms with Crippen molar-refractivity contribution in [2.75, 3.05) is 20.3 Å². The van der Waals surface area contributed by atoms with Crippen LogP contribution in [-0.4, -0.2) is 37.0 Å². The molecule has 0 aromatic heterocycles. The van der Waals surface area contributed by atoms with Crippen LogP contribution in [0, 0.1) is 11.3 Å². The number of hydrogen-bond donors (Lipinski definition) is 0. The Morgan fingerprint density at radius 1 is 1.28 bits per heavy atom. The molecule has 1 aliphatic rings. The number of amides is 2. The SMILES string of the molecule is COCCCCCN1C(=O)CC(C)(C(C)C)C1=O. The Bertz CT molecular complexity index is 314. The molecular weight excluding hydrogens is 230 g/mol. The molecule has 0 aromatic rings. The van der Waals surface area contributed by atoms with Gasteiger partial charge in [0.1, 0.15) is 0 Å². The lowest BCUT2D eigenvalue weighted by molar-refractivity contribution is -0.142. The second-order valence-corrected chi connectivity index (χ2v) is 5.65. The number of unbranched alkanes of at least 4 members (excludes halogenated alkanes) is 2. The van der Waals surface area contributed by atoms with Crippen LogP contribution in [0.5, 0.6) is 0 Å². The number of ether oxygens (including phenoxy) is 1. The van der Waals surface area contributed by atoms with Gasteiger partial charge in [0.25, 0.3) is 0 Å². The molecular formula is C14H25NO3. The molecule has 1 aliphatic heterocycles. The summed E-state index contributed by atoms with van der Waals surface area (Å²) in [5.41, 5.74) is -0.496. The van der Waals surface area contributed by atoms with Crippen LogP contribution in [0.4, 0.5) is 0 Å². The summed E-state index contributed by atoms with van der Waals surface area (Å²) in [4.78, 5) is 25.6. The zero-order chi connectivity index (χ0) is 13.8. The Morgan fingerprint density at radius 3 is 2.44 bits per heavy atom. The zero-order valence-corrected chi connectivity index (χ0v) is 12.0. The number of imide groups is 1. The average Bonchev–Trinajstić information content (AvgIpc) is 2.53. The first-order valence-electron chi connectivity index (χ1n) is 6.77. The number of carbonyl (C=O) groups excluding carboxylic acids is 2. The Morgan fingerprint density at radius 2 is 1.94 bits per heavy atom. The van der Waals surface area contributed by atoms with Gasteiger partial charge in [0, 0.05) is 26.7 Å². The third kappa shape index (κ3) is 3.10. The summed E-state index contributed by atoms with van der Waals surface area (Å²) in [5.74, 6) is 0.199. The minimum Gasteiger partial charge on any atom is -0.385 e. The van der Waals surface area contributed by atoms with E-state index in [1.165, 1.54) is 4.90 Å². The summed E-state index contributed by atoms with van der Waals surface area (Å²) in [6.45, 7) is 7.22. The van der Waals surface area contributed by atoms with Crippen molar-refractivity contribution >= 4 is 11.8 Å². The lowest BCUT2D eigenvalue weighted by Crippen LogP contribution is -2.37. The number of carbonyl (C=O) groups is 2. The van der Waals surface area contributed by atoms with Crippen LogP contribution in [0.1, 0.15) is 46.5 Å². The van der Waals surface area contributed by atoms with Crippen LogP contribution in [0.15, 0.2) is 0 Å². The maximum absolute atomic E-state index is 12.3. The van der Waals surface area contributed by atoms with Crippen LogP contribution in [0.3, 0.4) is 0 Å². The van der Waals surface area contributed by atoms with E-state index in [4.69, 9.17) is 4.74 Å². The second-order valence-electron chi connectivity index (χ2n) is 5.65. The van der Waals surface area contributed by atoms with E-state index in [9.17, 15) is 9.59 Å². The smallest absolute Gasteiger partial charge is 0.235 e. The minimum absolute atomic E-state index is 0.00856. The highest BCUT2D eigenvalue weighted by molar-refractivity contribution is 6.05. The fourth-order valence-electron chi connectivity index (χ4n) is 2.28. The molecule has 1 rings (SSSR count). The van der Waals surface area contributed by atoms with Gasteiger partial charge >= 0.3 is 0 Å². The molecule has 4 heteroatoms. The van der Waals surface area contributed by atoms with Crippen LogP contribution in [0.25, 0.3) is 0 Å². The van der Waals surface area contributed by atoms with Crippen LogP contribution < -0.4 is 0 Å². The number of likely N-dealkylation sites (tertiary alicyclic amines) is 1. The molecule has 1 unspecified atom stereocenters. The van der Waals surface area contributed by atoms with Crippen molar-refractivity contribution in [1.29, 1.82) is 0 Å². The molecule has 1 fully saturated rings. The predicted molar refractivity (Wildman–Crippen MR) is 70.0 cm³/mol.